The number of halogens is 2. The van der Waals surface area contributed by atoms with Crippen LogP contribution in [0.2, 0.25) is 10.0 Å². The number of imidazole rings is 1. The number of carbonyl (C=O) groups is 1. The number of carbonyl (C=O) groups excluding carboxylic acids is 1. The maximum Gasteiger partial charge on any atom is 0.237 e. The van der Waals surface area contributed by atoms with Gasteiger partial charge in [-0.3, -0.25) is 4.79 Å². The van der Waals surface area contributed by atoms with Crippen LogP contribution in [0.1, 0.15) is 6.92 Å². The van der Waals surface area contributed by atoms with E-state index < -0.39 is 0 Å². The van der Waals surface area contributed by atoms with Gasteiger partial charge >= 0.3 is 0 Å². The van der Waals surface area contributed by atoms with Gasteiger partial charge in [-0.25, -0.2) is 4.98 Å². The van der Waals surface area contributed by atoms with Crippen LogP contribution in [0.25, 0.3) is 11.0 Å². The highest BCUT2D eigenvalue weighted by Crippen LogP contribution is 2.31. The zero-order valence-electron chi connectivity index (χ0n) is 13.1. The Morgan fingerprint density at radius 3 is 2.50 bits per heavy atom. The molecule has 1 N–H and O–H groups in total. The smallest absolute Gasteiger partial charge is 0.237 e. The summed E-state index contributed by atoms with van der Waals surface area (Å²) in [4.78, 5) is 17.0. The Morgan fingerprint density at radius 2 is 1.83 bits per heavy atom. The molecule has 4 nitrogen and oxygen atoms in total. The highest BCUT2D eigenvalue weighted by Gasteiger charge is 2.20. The molecule has 0 radical (unpaired) electrons. The van der Waals surface area contributed by atoms with E-state index in [0.29, 0.717) is 15.7 Å². The summed E-state index contributed by atoms with van der Waals surface area (Å²) in [6, 6.07) is 13.0. The second-order valence-electron chi connectivity index (χ2n) is 5.29. The van der Waals surface area contributed by atoms with E-state index in [9.17, 15) is 4.79 Å². The molecule has 1 amide bonds. The number of fused-ring (bicyclic) bond motifs is 1. The number of rotatable bonds is 4. The lowest BCUT2D eigenvalue weighted by Crippen LogP contribution is -2.23. The molecule has 0 aliphatic heterocycles. The van der Waals surface area contributed by atoms with Crippen molar-refractivity contribution >= 4 is 57.6 Å². The summed E-state index contributed by atoms with van der Waals surface area (Å²) in [5.74, 6) is -0.179. The van der Waals surface area contributed by atoms with Crippen molar-refractivity contribution in [1.29, 1.82) is 0 Å². The molecule has 0 aliphatic rings. The maximum absolute atomic E-state index is 12.5. The normalized spacial score (nSPS) is 12.3. The van der Waals surface area contributed by atoms with E-state index in [-0.39, 0.29) is 11.2 Å². The van der Waals surface area contributed by atoms with E-state index in [2.05, 4.69) is 10.3 Å². The number of aromatic nitrogens is 2. The summed E-state index contributed by atoms with van der Waals surface area (Å²) in [6.07, 6.45) is 0. The number of amides is 1. The topological polar surface area (TPSA) is 46.9 Å². The first kappa shape index (κ1) is 17.1. The Hall–Kier alpha value is -1.69. The quantitative estimate of drug-likeness (QED) is 0.648. The van der Waals surface area contributed by atoms with Gasteiger partial charge in [0, 0.05) is 7.05 Å². The second kappa shape index (κ2) is 7.05. The Kier molecular flexibility index (Phi) is 5.04. The average molecular weight is 380 g/mol. The summed E-state index contributed by atoms with van der Waals surface area (Å²) in [7, 11) is 1.94. The molecule has 2 aromatic carbocycles. The van der Waals surface area contributed by atoms with Crippen LogP contribution in [0.3, 0.4) is 0 Å². The minimum Gasteiger partial charge on any atom is -0.323 e. The van der Waals surface area contributed by atoms with Gasteiger partial charge in [-0.2, -0.15) is 0 Å². The molecule has 3 aromatic rings. The highest BCUT2D eigenvalue weighted by molar-refractivity contribution is 8.00. The van der Waals surface area contributed by atoms with Crippen molar-refractivity contribution in [2.75, 3.05) is 5.32 Å². The zero-order chi connectivity index (χ0) is 17.3. The molecule has 1 aromatic heterocycles. The summed E-state index contributed by atoms with van der Waals surface area (Å²) in [6.45, 7) is 1.82. The van der Waals surface area contributed by atoms with E-state index in [4.69, 9.17) is 23.2 Å². The van der Waals surface area contributed by atoms with E-state index in [1.54, 1.807) is 18.2 Å². The Bertz CT molecular complexity index is 890. The maximum atomic E-state index is 12.5. The molecule has 0 saturated heterocycles. The van der Waals surface area contributed by atoms with Gasteiger partial charge in [0.2, 0.25) is 5.91 Å². The van der Waals surface area contributed by atoms with Crippen molar-refractivity contribution in [2.45, 2.75) is 17.3 Å². The van der Waals surface area contributed by atoms with E-state index in [0.717, 1.165) is 16.2 Å². The lowest BCUT2D eigenvalue weighted by Gasteiger charge is -2.13. The standard InChI is InChI=1S/C17H15Cl2N3OS/c1-10(16(23)21-15-11(18)6-5-7-12(15)19)24-17-20-13-8-3-4-9-14(13)22(17)2/h3-10H,1-2H3,(H,21,23). The number of thioether (sulfide) groups is 1. The summed E-state index contributed by atoms with van der Waals surface area (Å²) in [5, 5.41) is 4.04. The van der Waals surface area contributed by atoms with E-state index in [1.807, 2.05) is 42.8 Å². The lowest BCUT2D eigenvalue weighted by molar-refractivity contribution is -0.115. The predicted octanol–water partition coefficient (Wildman–Crippen LogP) is 5.00. The fourth-order valence-electron chi connectivity index (χ4n) is 2.28. The molecule has 0 saturated carbocycles. The van der Waals surface area contributed by atoms with Crippen LogP contribution in [-0.4, -0.2) is 20.7 Å². The third-order valence-electron chi connectivity index (χ3n) is 3.61. The van der Waals surface area contributed by atoms with Crippen LogP contribution >= 0.6 is 35.0 Å². The van der Waals surface area contributed by atoms with Crippen molar-refractivity contribution < 1.29 is 4.79 Å². The monoisotopic (exact) mass is 379 g/mol. The molecule has 0 spiro atoms. The van der Waals surface area contributed by atoms with Gasteiger partial charge in [0.15, 0.2) is 5.16 Å². The Balaban J connectivity index is 1.77. The fourth-order valence-corrected chi connectivity index (χ4v) is 3.66. The van der Waals surface area contributed by atoms with E-state index in [1.165, 1.54) is 11.8 Å². The van der Waals surface area contributed by atoms with Gasteiger partial charge in [0.1, 0.15) is 0 Å². The van der Waals surface area contributed by atoms with Crippen LogP contribution in [-0.2, 0) is 11.8 Å². The molecule has 7 heteroatoms. The first-order valence-electron chi connectivity index (χ1n) is 7.30. The molecule has 3 rings (SSSR count). The van der Waals surface area contributed by atoms with Crippen LogP contribution in [0, 0.1) is 0 Å². The minimum absolute atomic E-state index is 0.179. The summed E-state index contributed by atoms with van der Waals surface area (Å²) in [5.41, 5.74) is 2.37. The average Bonchev–Trinajstić information content (AvgIpc) is 2.87. The van der Waals surface area contributed by atoms with Gasteiger partial charge < -0.3 is 9.88 Å². The number of para-hydroxylation sites is 3. The minimum atomic E-state index is -0.354. The van der Waals surface area contributed by atoms with Gasteiger partial charge in [-0.05, 0) is 31.2 Å². The van der Waals surface area contributed by atoms with Crippen LogP contribution < -0.4 is 5.32 Å². The van der Waals surface area contributed by atoms with Crippen molar-refractivity contribution in [3.05, 3.63) is 52.5 Å². The van der Waals surface area contributed by atoms with E-state index >= 15 is 0 Å². The molecule has 1 heterocycles. The first-order chi connectivity index (χ1) is 11.5. The molecule has 1 atom stereocenters. The molecule has 0 fully saturated rings. The highest BCUT2D eigenvalue weighted by atomic mass is 35.5. The third kappa shape index (κ3) is 3.38. The molecule has 0 aliphatic carbocycles. The summed E-state index contributed by atoms with van der Waals surface area (Å²) < 4.78 is 1.98. The fraction of sp³-hybridized carbons (Fsp3) is 0.176. The zero-order valence-corrected chi connectivity index (χ0v) is 15.4. The van der Waals surface area contributed by atoms with Crippen molar-refractivity contribution in [2.24, 2.45) is 7.05 Å². The van der Waals surface area contributed by atoms with Crippen molar-refractivity contribution in [3.8, 4) is 0 Å². The van der Waals surface area contributed by atoms with Crippen LogP contribution in [0.15, 0.2) is 47.6 Å². The number of aryl methyl sites for hydroxylation is 1. The number of hydrogen-bond acceptors (Lipinski definition) is 3. The van der Waals surface area contributed by atoms with Gasteiger partial charge in [-0.1, -0.05) is 53.2 Å². The Morgan fingerprint density at radius 1 is 1.17 bits per heavy atom. The number of nitrogens with zero attached hydrogens (tertiary/aromatic N) is 2. The molecule has 24 heavy (non-hydrogen) atoms. The second-order valence-corrected chi connectivity index (χ2v) is 7.41. The molecule has 1 unspecified atom stereocenters. The van der Waals surface area contributed by atoms with Gasteiger partial charge in [-0.15, -0.1) is 0 Å². The van der Waals surface area contributed by atoms with Crippen molar-refractivity contribution in [1.82, 2.24) is 9.55 Å². The van der Waals surface area contributed by atoms with Crippen LogP contribution in [0.5, 0.6) is 0 Å². The largest absolute Gasteiger partial charge is 0.323 e. The molecular formula is C17H15Cl2N3OS. The predicted molar refractivity (Wildman–Crippen MR) is 101 cm³/mol. The molecule has 124 valence electrons. The number of anilines is 1. The number of hydrogen-bond donors (Lipinski definition) is 1. The Labute approximate surface area is 154 Å². The van der Waals surface area contributed by atoms with Crippen molar-refractivity contribution in [3.63, 3.8) is 0 Å². The third-order valence-corrected chi connectivity index (χ3v) is 5.38. The molecular weight excluding hydrogens is 365 g/mol. The van der Waals surface area contributed by atoms with Gasteiger partial charge in [0.05, 0.1) is 32.0 Å². The first-order valence-corrected chi connectivity index (χ1v) is 8.94. The number of benzene rings is 2. The lowest BCUT2D eigenvalue weighted by atomic mass is 10.3. The van der Waals surface area contributed by atoms with Crippen LogP contribution in [0.4, 0.5) is 5.69 Å². The number of nitrogens with one attached hydrogen (secondary N) is 1. The van der Waals surface area contributed by atoms with Gasteiger partial charge in [0.25, 0.3) is 0 Å². The molecule has 0 bridgehead atoms. The summed E-state index contributed by atoms with van der Waals surface area (Å²) >= 11 is 13.6. The SMILES string of the molecule is CC(Sc1nc2ccccc2n1C)C(=O)Nc1c(Cl)cccc1Cl.